The number of aromatic carboxylic acids is 1. The van der Waals surface area contributed by atoms with E-state index in [1.54, 1.807) is 24.3 Å². The molecule has 0 unspecified atom stereocenters. The number of hydrogen-bond donors (Lipinski definition) is 3. The van der Waals surface area contributed by atoms with Crippen molar-refractivity contribution in [3.63, 3.8) is 0 Å². The summed E-state index contributed by atoms with van der Waals surface area (Å²) in [5, 5.41) is 34.9. The summed E-state index contributed by atoms with van der Waals surface area (Å²) >= 11 is 0. The van der Waals surface area contributed by atoms with Gasteiger partial charge in [0.15, 0.2) is 5.69 Å². The fourth-order valence-electron chi connectivity index (χ4n) is 2.14. The Kier molecular flexibility index (Phi) is 3.03. The van der Waals surface area contributed by atoms with Gasteiger partial charge in [-0.25, -0.2) is 9.48 Å². The minimum atomic E-state index is -1.53. The van der Waals surface area contributed by atoms with Crippen LogP contribution in [-0.2, 0) is 0 Å². The predicted molar refractivity (Wildman–Crippen MR) is 70.1 cm³/mol. The average molecular weight is 273 g/mol. The molecule has 0 saturated heterocycles. The molecule has 1 saturated carbocycles. The van der Waals surface area contributed by atoms with Crippen LogP contribution >= 0.6 is 0 Å². The minimum absolute atomic E-state index is 0.0150. The normalized spacial score (nSPS) is 14.3. The first kappa shape index (κ1) is 12.8. The molecule has 1 aliphatic carbocycles. The monoisotopic (exact) mass is 273 g/mol. The molecule has 1 heterocycles. The number of benzene rings is 1. The molecule has 1 aromatic heterocycles. The summed E-state index contributed by atoms with van der Waals surface area (Å²) in [4.78, 5) is 11.2. The predicted octanol–water partition coefficient (Wildman–Crippen LogP) is -0.477. The Morgan fingerprint density at radius 1 is 1.25 bits per heavy atom. The fourth-order valence-corrected chi connectivity index (χ4v) is 2.14. The first-order valence-corrected chi connectivity index (χ1v) is 6.23. The van der Waals surface area contributed by atoms with E-state index in [4.69, 9.17) is 15.2 Å². The van der Waals surface area contributed by atoms with Gasteiger partial charge in [0.05, 0.1) is 11.4 Å². The summed E-state index contributed by atoms with van der Waals surface area (Å²) in [7, 11) is -1.53. The summed E-state index contributed by atoms with van der Waals surface area (Å²) in [5.74, 6) is -0.903. The summed E-state index contributed by atoms with van der Waals surface area (Å²) in [6.07, 6.45) is 1.86. The quantitative estimate of drug-likeness (QED) is 0.649. The largest absolute Gasteiger partial charge is 0.488 e. The number of rotatable bonds is 4. The van der Waals surface area contributed by atoms with Crippen molar-refractivity contribution >= 4 is 18.6 Å². The van der Waals surface area contributed by atoms with Gasteiger partial charge >= 0.3 is 13.1 Å². The maximum atomic E-state index is 11.2. The van der Waals surface area contributed by atoms with Crippen LogP contribution in [0.25, 0.3) is 5.69 Å². The molecule has 1 aliphatic rings. The van der Waals surface area contributed by atoms with Crippen LogP contribution in [0.1, 0.15) is 34.9 Å². The molecule has 1 aromatic carbocycles. The second kappa shape index (κ2) is 4.73. The van der Waals surface area contributed by atoms with Crippen molar-refractivity contribution in [1.82, 2.24) is 15.0 Å². The van der Waals surface area contributed by atoms with Crippen LogP contribution in [0.5, 0.6) is 0 Å². The standard InChI is InChI=1S/C12H12BN3O4/c17-12(18)10-11(7-1-2-7)16(15-14-10)9-5-3-8(4-6-9)13(19)20/h3-7,19-20H,1-2H2,(H,17,18). The maximum absolute atomic E-state index is 11.2. The highest BCUT2D eigenvalue weighted by molar-refractivity contribution is 6.58. The molecule has 3 rings (SSSR count). The topological polar surface area (TPSA) is 108 Å². The van der Waals surface area contributed by atoms with Crippen molar-refractivity contribution in [3.8, 4) is 5.69 Å². The highest BCUT2D eigenvalue weighted by atomic mass is 16.4. The second-order valence-corrected chi connectivity index (χ2v) is 4.78. The van der Waals surface area contributed by atoms with Crippen molar-refractivity contribution in [2.75, 3.05) is 0 Å². The zero-order valence-electron chi connectivity index (χ0n) is 10.5. The zero-order valence-corrected chi connectivity index (χ0v) is 10.5. The molecule has 102 valence electrons. The summed E-state index contributed by atoms with van der Waals surface area (Å²) in [6, 6.07) is 6.42. The maximum Gasteiger partial charge on any atom is 0.488 e. The first-order valence-electron chi connectivity index (χ1n) is 6.23. The van der Waals surface area contributed by atoms with Crippen molar-refractivity contribution in [2.24, 2.45) is 0 Å². The van der Waals surface area contributed by atoms with E-state index in [0.29, 0.717) is 16.8 Å². The highest BCUT2D eigenvalue weighted by Gasteiger charge is 2.34. The summed E-state index contributed by atoms with van der Waals surface area (Å²) < 4.78 is 1.51. The van der Waals surface area contributed by atoms with Crippen molar-refractivity contribution in [3.05, 3.63) is 35.7 Å². The summed E-state index contributed by atoms with van der Waals surface area (Å²) in [6.45, 7) is 0. The van der Waals surface area contributed by atoms with Crippen LogP contribution in [-0.4, -0.2) is 43.2 Å². The molecule has 1 fully saturated rings. The fraction of sp³-hybridized carbons (Fsp3) is 0.250. The third kappa shape index (κ3) is 2.19. The Hall–Kier alpha value is -2.19. The van der Waals surface area contributed by atoms with E-state index in [9.17, 15) is 4.79 Å². The SMILES string of the molecule is O=C(O)c1nnn(-c2ccc(B(O)O)cc2)c1C1CC1. The van der Waals surface area contributed by atoms with Crippen molar-refractivity contribution in [1.29, 1.82) is 0 Å². The second-order valence-electron chi connectivity index (χ2n) is 4.78. The minimum Gasteiger partial charge on any atom is -0.476 e. The molecule has 0 spiro atoms. The molecule has 3 N–H and O–H groups in total. The number of carbonyl (C=O) groups is 1. The molecule has 0 aliphatic heterocycles. The highest BCUT2D eigenvalue weighted by Crippen LogP contribution is 2.41. The molecule has 0 radical (unpaired) electrons. The summed E-state index contributed by atoms with van der Waals surface area (Å²) in [5.41, 5.74) is 1.60. The lowest BCUT2D eigenvalue weighted by atomic mass is 9.80. The lowest BCUT2D eigenvalue weighted by Gasteiger charge is -2.07. The number of aromatic nitrogens is 3. The lowest BCUT2D eigenvalue weighted by Crippen LogP contribution is -2.29. The molecule has 0 amide bonds. The van der Waals surface area contributed by atoms with E-state index in [-0.39, 0.29) is 11.6 Å². The third-order valence-corrected chi connectivity index (χ3v) is 3.31. The van der Waals surface area contributed by atoms with Crippen molar-refractivity contribution in [2.45, 2.75) is 18.8 Å². The number of nitrogens with zero attached hydrogens (tertiary/aromatic N) is 3. The lowest BCUT2D eigenvalue weighted by molar-refractivity contribution is 0.0689. The van der Waals surface area contributed by atoms with Gasteiger partial charge in [-0.15, -0.1) is 5.10 Å². The van der Waals surface area contributed by atoms with Crippen LogP contribution < -0.4 is 5.46 Å². The van der Waals surface area contributed by atoms with E-state index >= 15 is 0 Å². The Labute approximate surface area is 114 Å². The Bertz CT molecular complexity index is 649. The van der Waals surface area contributed by atoms with Crippen LogP contribution in [0.15, 0.2) is 24.3 Å². The average Bonchev–Trinajstić information content (AvgIpc) is 3.17. The number of carboxylic acid groups (broad SMARTS) is 1. The molecule has 0 atom stereocenters. The molecule has 20 heavy (non-hydrogen) atoms. The Morgan fingerprint density at radius 3 is 2.40 bits per heavy atom. The first-order chi connectivity index (χ1) is 9.58. The molecular weight excluding hydrogens is 261 g/mol. The van der Waals surface area contributed by atoms with Gasteiger partial charge in [0.25, 0.3) is 0 Å². The van der Waals surface area contributed by atoms with E-state index < -0.39 is 13.1 Å². The van der Waals surface area contributed by atoms with Gasteiger partial charge in [-0.05, 0) is 30.4 Å². The van der Waals surface area contributed by atoms with E-state index in [2.05, 4.69) is 10.3 Å². The van der Waals surface area contributed by atoms with E-state index in [1.807, 2.05) is 0 Å². The number of carboxylic acids is 1. The van der Waals surface area contributed by atoms with Gasteiger partial charge in [0, 0.05) is 5.92 Å². The van der Waals surface area contributed by atoms with Crippen LogP contribution in [0.2, 0.25) is 0 Å². The van der Waals surface area contributed by atoms with E-state index in [0.717, 1.165) is 12.8 Å². The van der Waals surface area contributed by atoms with Crippen LogP contribution in [0.4, 0.5) is 0 Å². The number of hydrogen-bond acceptors (Lipinski definition) is 5. The van der Waals surface area contributed by atoms with Gasteiger partial charge < -0.3 is 15.2 Å². The molecule has 0 bridgehead atoms. The smallest absolute Gasteiger partial charge is 0.476 e. The zero-order chi connectivity index (χ0) is 14.3. The van der Waals surface area contributed by atoms with Crippen LogP contribution in [0.3, 0.4) is 0 Å². The Morgan fingerprint density at radius 2 is 1.90 bits per heavy atom. The van der Waals surface area contributed by atoms with Crippen LogP contribution in [0, 0.1) is 0 Å². The van der Waals surface area contributed by atoms with Gasteiger partial charge in [-0.3, -0.25) is 0 Å². The Balaban J connectivity index is 2.03. The van der Waals surface area contributed by atoms with Gasteiger partial charge in [-0.1, -0.05) is 17.3 Å². The molecule has 7 nitrogen and oxygen atoms in total. The van der Waals surface area contributed by atoms with Gasteiger partial charge in [-0.2, -0.15) is 0 Å². The molecule has 2 aromatic rings. The van der Waals surface area contributed by atoms with Gasteiger partial charge in [0.1, 0.15) is 0 Å². The molecule has 8 heteroatoms. The third-order valence-electron chi connectivity index (χ3n) is 3.31. The van der Waals surface area contributed by atoms with E-state index in [1.165, 1.54) is 4.68 Å². The van der Waals surface area contributed by atoms with Crippen molar-refractivity contribution < 1.29 is 19.9 Å². The van der Waals surface area contributed by atoms with Gasteiger partial charge in [0.2, 0.25) is 0 Å². The molecular formula is C12H12BN3O4.